The Morgan fingerprint density at radius 2 is 2.10 bits per heavy atom. The van der Waals surface area contributed by atoms with Gasteiger partial charge < -0.3 is 9.84 Å². The molecule has 0 aliphatic heterocycles. The summed E-state index contributed by atoms with van der Waals surface area (Å²) in [7, 11) is 0. The van der Waals surface area contributed by atoms with Crippen LogP contribution in [0.1, 0.15) is 37.7 Å². The first-order valence-corrected chi connectivity index (χ1v) is 7.68. The fourth-order valence-electron chi connectivity index (χ4n) is 3.69. The van der Waals surface area contributed by atoms with Crippen LogP contribution in [0.4, 0.5) is 0 Å². The molecule has 2 bridgehead atoms. The van der Waals surface area contributed by atoms with Gasteiger partial charge in [0.15, 0.2) is 0 Å². The van der Waals surface area contributed by atoms with E-state index in [4.69, 9.17) is 9.84 Å². The molecule has 0 heterocycles. The van der Waals surface area contributed by atoms with Crippen LogP contribution in [0.5, 0.6) is 5.75 Å². The Morgan fingerprint density at radius 1 is 1.20 bits per heavy atom. The summed E-state index contributed by atoms with van der Waals surface area (Å²) in [6.07, 6.45) is 6.12. The molecule has 3 unspecified atom stereocenters. The average Bonchev–Trinajstić information content (AvgIpc) is 3.09. The lowest BCUT2D eigenvalue weighted by Crippen LogP contribution is -2.18. The quantitative estimate of drug-likeness (QED) is 0.851. The van der Waals surface area contributed by atoms with Gasteiger partial charge in [-0.2, -0.15) is 0 Å². The third-order valence-electron chi connectivity index (χ3n) is 4.68. The molecule has 0 aromatic heterocycles. The van der Waals surface area contributed by atoms with Gasteiger partial charge in [0.1, 0.15) is 5.75 Å². The number of para-hydroxylation sites is 1. The molecule has 0 amide bonds. The molecule has 0 spiro atoms. The van der Waals surface area contributed by atoms with E-state index in [-0.39, 0.29) is 6.61 Å². The zero-order valence-electron chi connectivity index (χ0n) is 11.8. The Labute approximate surface area is 121 Å². The highest BCUT2D eigenvalue weighted by atomic mass is 16.5. The number of ether oxygens (including phenoxy) is 1. The third kappa shape index (κ3) is 2.99. The van der Waals surface area contributed by atoms with E-state index in [0.717, 1.165) is 35.7 Å². The largest absolute Gasteiger partial charge is 0.492 e. The number of fused-ring (bicyclic) bond motifs is 2. The molecule has 2 nitrogen and oxygen atoms in total. The van der Waals surface area contributed by atoms with Crippen molar-refractivity contribution in [1.29, 1.82) is 0 Å². The molecule has 2 fully saturated rings. The predicted molar refractivity (Wildman–Crippen MR) is 79.5 cm³/mol. The summed E-state index contributed by atoms with van der Waals surface area (Å²) in [5.74, 6) is 9.55. The van der Waals surface area contributed by atoms with Gasteiger partial charge in [0.05, 0.1) is 18.8 Å². The lowest BCUT2D eigenvalue weighted by molar-refractivity contribution is 0.195. The fourth-order valence-corrected chi connectivity index (χ4v) is 3.69. The van der Waals surface area contributed by atoms with Crippen LogP contribution in [0.25, 0.3) is 0 Å². The summed E-state index contributed by atoms with van der Waals surface area (Å²) in [4.78, 5) is 0. The normalized spacial score (nSPS) is 27.1. The summed E-state index contributed by atoms with van der Waals surface area (Å²) in [5, 5.41) is 8.79. The van der Waals surface area contributed by atoms with Crippen LogP contribution in [-0.4, -0.2) is 18.3 Å². The van der Waals surface area contributed by atoms with E-state index in [2.05, 4.69) is 11.8 Å². The Morgan fingerprint density at radius 3 is 2.85 bits per heavy atom. The number of rotatable bonds is 4. The van der Waals surface area contributed by atoms with E-state index in [0.29, 0.717) is 6.42 Å². The average molecular weight is 270 g/mol. The zero-order valence-corrected chi connectivity index (χ0v) is 11.8. The molecule has 106 valence electrons. The van der Waals surface area contributed by atoms with Gasteiger partial charge in [0.25, 0.3) is 0 Å². The van der Waals surface area contributed by atoms with Crippen LogP contribution in [0.2, 0.25) is 0 Å². The lowest BCUT2D eigenvalue weighted by Gasteiger charge is -2.22. The van der Waals surface area contributed by atoms with Crippen LogP contribution >= 0.6 is 0 Å². The van der Waals surface area contributed by atoms with Crippen molar-refractivity contribution in [2.24, 2.45) is 17.8 Å². The Balaban J connectivity index is 1.61. The van der Waals surface area contributed by atoms with E-state index in [9.17, 15) is 0 Å². The summed E-state index contributed by atoms with van der Waals surface area (Å²) in [5.41, 5.74) is 0.934. The monoisotopic (exact) mass is 270 g/mol. The van der Waals surface area contributed by atoms with Crippen LogP contribution in [0, 0.1) is 29.6 Å². The minimum absolute atomic E-state index is 0.112. The Hall–Kier alpha value is -1.46. The third-order valence-corrected chi connectivity index (χ3v) is 4.68. The second-order valence-corrected chi connectivity index (χ2v) is 6.02. The van der Waals surface area contributed by atoms with Gasteiger partial charge in [-0.1, -0.05) is 30.4 Å². The molecule has 20 heavy (non-hydrogen) atoms. The summed E-state index contributed by atoms with van der Waals surface area (Å²) in [6, 6.07) is 7.96. The standard InChI is InChI=1S/C18H22O2/c19-10-4-3-6-15-5-1-2-7-18(15)20-13-17-12-14-8-9-16(17)11-14/h1-2,5,7,14,16-17,19H,4,8-13H2. The minimum atomic E-state index is 0.112. The molecule has 2 aliphatic carbocycles. The smallest absolute Gasteiger partial charge is 0.134 e. The fraction of sp³-hybridized carbons (Fsp3) is 0.556. The van der Waals surface area contributed by atoms with Crippen molar-refractivity contribution in [3.05, 3.63) is 29.8 Å². The van der Waals surface area contributed by atoms with Crippen LogP contribution in [-0.2, 0) is 0 Å². The van der Waals surface area contributed by atoms with Crippen molar-refractivity contribution in [3.63, 3.8) is 0 Å². The molecule has 3 rings (SSSR count). The number of aliphatic hydroxyl groups excluding tert-OH is 1. The molecule has 3 atom stereocenters. The van der Waals surface area contributed by atoms with Gasteiger partial charge in [-0.25, -0.2) is 0 Å². The topological polar surface area (TPSA) is 29.5 Å². The van der Waals surface area contributed by atoms with E-state index < -0.39 is 0 Å². The second kappa shape index (κ2) is 6.33. The number of aliphatic hydroxyl groups is 1. The van der Waals surface area contributed by atoms with E-state index in [1.54, 1.807) is 0 Å². The first kappa shape index (κ1) is 13.5. The lowest BCUT2D eigenvalue weighted by atomic mass is 9.89. The van der Waals surface area contributed by atoms with Crippen LogP contribution in [0.3, 0.4) is 0 Å². The number of hydrogen-bond donors (Lipinski definition) is 1. The summed E-state index contributed by atoms with van der Waals surface area (Å²) in [6.45, 7) is 0.945. The van der Waals surface area contributed by atoms with Gasteiger partial charge in [0.2, 0.25) is 0 Å². The first-order valence-electron chi connectivity index (χ1n) is 7.68. The van der Waals surface area contributed by atoms with Crippen molar-refractivity contribution >= 4 is 0 Å². The maximum atomic E-state index is 8.79. The molecule has 0 saturated heterocycles. The van der Waals surface area contributed by atoms with Crippen molar-refractivity contribution in [2.75, 3.05) is 13.2 Å². The van der Waals surface area contributed by atoms with Gasteiger partial charge >= 0.3 is 0 Å². The van der Waals surface area contributed by atoms with E-state index in [1.165, 1.54) is 25.7 Å². The van der Waals surface area contributed by atoms with Crippen molar-refractivity contribution in [1.82, 2.24) is 0 Å². The summed E-state index contributed by atoms with van der Waals surface area (Å²) >= 11 is 0. The SMILES string of the molecule is OCCC#Cc1ccccc1OCC1CC2CCC1C2. The second-order valence-electron chi connectivity index (χ2n) is 6.02. The highest BCUT2D eigenvalue weighted by Gasteiger charge is 2.39. The first-order chi connectivity index (χ1) is 9.86. The molecule has 0 radical (unpaired) electrons. The van der Waals surface area contributed by atoms with Crippen molar-refractivity contribution in [2.45, 2.75) is 32.1 Å². The number of benzene rings is 1. The van der Waals surface area contributed by atoms with Crippen LogP contribution < -0.4 is 4.74 Å². The molecule has 2 saturated carbocycles. The minimum Gasteiger partial charge on any atom is -0.492 e. The molecule has 1 aromatic rings. The molecule has 1 N–H and O–H groups in total. The Kier molecular flexibility index (Phi) is 4.28. The predicted octanol–water partition coefficient (Wildman–Crippen LogP) is 3.24. The van der Waals surface area contributed by atoms with E-state index >= 15 is 0 Å². The highest BCUT2D eigenvalue weighted by Crippen LogP contribution is 2.48. The van der Waals surface area contributed by atoms with E-state index in [1.807, 2.05) is 24.3 Å². The molecule has 1 aromatic carbocycles. The van der Waals surface area contributed by atoms with Crippen molar-refractivity contribution < 1.29 is 9.84 Å². The van der Waals surface area contributed by atoms with Gasteiger partial charge in [-0.3, -0.25) is 0 Å². The zero-order chi connectivity index (χ0) is 13.8. The summed E-state index contributed by atoms with van der Waals surface area (Å²) < 4.78 is 6.04. The number of hydrogen-bond acceptors (Lipinski definition) is 2. The van der Waals surface area contributed by atoms with Gasteiger partial charge in [-0.15, -0.1) is 0 Å². The van der Waals surface area contributed by atoms with Crippen LogP contribution in [0.15, 0.2) is 24.3 Å². The molecular weight excluding hydrogens is 248 g/mol. The molecule has 2 aliphatic rings. The highest BCUT2D eigenvalue weighted by molar-refractivity contribution is 5.45. The van der Waals surface area contributed by atoms with Gasteiger partial charge in [-0.05, 0) is 49.1 Å². The maximum Gasteiger partial charge on any atom is 0.134 e. The molecule has 2 heteroatoms. The van der Waals surface area contributed by atoms with Gasteiger partial charge in [0, 0.05) is 6.42 Å². The molecular formula is C18H22O2. The van der Waals surface area contributed by atoms with Crippen molar-refractivity contribution in [3.8, 4) is 17.6 Å². The Bertz CT molecular complexity index is 512. The maximum absolute atomic E-state index is 8.79.